The average molecular weight is 216 g/mol. The lowest BCUT2D eigenvalue weighted by Crippen LogP contribution is -2.62. The molecule has 3 atom stereocenters. The molecule has 1 fully saturated rings. The second-order valence-corrected chi connectivity index (χ2v) is 3.57. The van der Waals surface area contributed by atoms with Gasteiger partial charge < -0.3 is 20.8 Å². The number of nitrogens with zero attached hydrogens (tertiary/aromatic N) is 1. The van der Waals surface area contributed by atoms with Crippen molar-refractivity contribution in [2.45, 2.75) is 18.6 Å². The standard InChI is InChI=1S/C8H12N2O5/c1-3-4(11)5(12)10(2)8(3,6(9)13)7(14)15/h3-4,11H,1-2H3,(H2,9,13)(H,14,15). The zero-order chi connectivity index (χ0) is 12.0. The number of carboxylic acids is 1. The Morgan fingerprint density at radius 1 is 1.53 bits per heavy atom. The van der Waals surface area contributed by atoms with Crippen LogP contribution in [0.4, 0.5) is 0 Å². The maximum Gasteiger partial charge on any atom is 0.339 e. The lowest BCUT2D eigenvalue weighted by Gasteiger charge is -2.31. The number of amides is 2. The molecule has 1 aliphatic heterocycles. The topological polar surface area (TPSA) is 121 Å². The predicted octanol–water partition coefficient (Wildman–Crippen LogP) is -2.24. The average Bonchev–Trinajstić information content (AvgIpc) is 2.29. The summed E-state index contributed by atoms with van der Waals surface area (Å²) in [6.07, 6.45) is -1.52. The van der Waals surface area contributed by atoms with Gasteiger partial charge in [0.05, 0.1) is 0 Å². The molecule has 0 aromatic heterocycles. The Balaban J connectivity index is 3.37. The van der Waals surface area contributed by atoms with E-state index in [-0.39, 0.29) is 0 Å². The van der Waals surface area contributed by atoms with Crippen LogP contribution in [0.3, 0.4) is 0 Å². The van der Waals surface area contributed by atoms with Gasteiger partial charge in [0, 0.05) is 13.0 Å². The van der Waals surface area contributed by atoms with E-state index >= 15 is 0 Å². The first-order valence-corrected chi connectivity index (χ1v) is 4.27. The molecule has 1 heterocycles. The predicted molar refractivity (Wildman–Crippen MR) is 47.5 cm³/mol. The molecule has 7 heteroatoms. The monoisotopic (exact) mass is 216 g/mol. The van der Waals surface area contributed by atoms with E-state index in [1.807, 2.05) is 0 Å². The van der Waals surface area contributed by atoms with Crippen molar-refractivity contribution in [3.8, 4) is 0 Å². The Morgan fingerprint density at radius 3 is 2.13 bits per heavy atom. The van der Waals surface area contributed by atoms with E-state index in [0.717, 1.165) is 7.05 Å². The Morgan fingerprint density at radius 2 is 2.00 bits per heavy atom. The number of hydrogen-bond acceptors (Lipinski definition) is 4. The molecule has 0 spiro atoms. The van der Waals surface area contributed by atoms with Crippen LogP contribution >= 0.6 is 0 Å². The van der Waals surface area contributed by atoms with Crippen molar-refractivity contribution in [1.29, 1.82) is 0 Å². The third kappa shape index (κ3) is 1.13. The Labute approximate surface area is 85.5 Å². The summed E-state index contributed by atoms with van der Waals surface area (Å²) in [4.78, 5) is 34.3. The van der Waals surface area contributed by atoms with E-state index < -0.39 is 35.3 Å². The van der Waals surface area contributed by atoms with E-state index in [9.17, 15) is 19.5 Å². The van der Waals surface area contributed by atoms with Crippen molar-refractivity contribution < 1.29 is 24.6 Å². The second-order valence-electron chi connectivity index (χ2n) is 3.57. The van der Waals surface area contributed by atoms with Crippen LogP contribution in [0.1, 0.15) is 6.92 Å². The van der Waals surface area contributed by atoms with E-state index in [2.05, 4.69) is 0 Å². The molecule has 84 valence electrons. The molecule has 0 aromatic rings. The van der Waals surface area contributed by atoms with Crippen LogP contribution in [0.5, 0.6) is 0 Å². The summed E-state index contributed by atoms with van der Waals surface area (Å²) in [5.41, 5.74) is 2.86. The molecular formula is C8H12N2O5. The molecule has 3 unspecified atom stereocenters. The molecular weight excluding hydrogens is 204 g/mol. The maximum absolute atomic E-state index is 11.3. The number of primary amides is 1. The third-order valence-corrected chi connectivity index (χ3v) is 2.95. The van der Waals surface area contributed by atoms with Crippen LogP contribution in [0.2, 0.25) is 0 Å². The highest BCUT2D eigenvalue weighted by atomic mass is 16.4. The van der Waals surface area contributed by atoms with Gasteiger partial charge in [-0.15, -0.1) is 0 Å². The molecule has 1 aliphatic rings. The molecule has 7 nitrogen and oxygen atoms in total. The summed E-state index contributed by atoms with van der Waals surface area (Å²) in [5.74, 6) is -4.58. The summed E-state index contributed by atoms with van der Waals surface area (Å²) in [6, 6.07) is 0. The van der Waals surface area contributed by atoms with E-state index in [4.69, 9.17) is 10.8 Å². The molecule has 0 radical (unpaired) electrons. The van der Waals surface area contributed by atoms with Gasteiger partial charge in [-0.3, -0.25) is 9.59 Å². The number of carbonyl (C=O) groups is 3. The molecule has 0 aliphatic carbocycles. The van der Waals surface area contributed by atoms with E-state index in [1.165, 1.54) is 6.92 Å². The van der Waals surface area contributed by atoms with Crippen molar-refractivity contribution in [3.05, 3.63) is 0 Å². The van der Waals surface area contributed by atoms with Crippen LogP contribution < -0.4 is 5.73 Å². The zero-order valence-electron chi connectivity index (χ0n) is 8.30. The first-order valence-electron chi connectivity index (χ1n) is 4.27. The number of aliphatic hydroxyl groups is 1. The quantitative estimate of drug-likeness (QED) is 0.451. The summed E-state index contributed by atoms with van der Waals surface area (Å²) in [6.45, 7) is 1.30. The molecule has 1 rings (SSSR count). The van der Waals surface area contributed by atoms with Gasteiger partial charge in [-0.05, 0) is 0 Å². The number of carbonyl (C=O) groups excluding carboxylic acids is 2. The molecule has 0 bridgehead atoms. The highest BCUT2D eigenvalue weighted by Crippen LogP contribution is 2.35. The number of likely N-dealkylation sites (tertiary alicyclic amines) is 1. The molecule has 0 saturated carbocycles. The van der Waals surface area contributed by atoms with Crippen molar-refractivity contribution in [3.63, 3.8) is 0 Å². The smallest absolute Gasteiger partial charge is 0.339 e. The summed E-state index contributed by atoms with van der Waals surface area (Å²) in [7, 11) is 1.13. The van der Waals surface area contributed by atoms with Crippen LogP contribution in [0, 0.1) is 5.92 Å². The first kappa shape index (κ1) is 11.4. The van der Waals surface area contributed by atoms with Gasteiger partial charge in [0.2, 0.25) is 5.54 Å². The Kier molecular flexibility index (Phi) is 2.44. The van der Waals surface area contributed by atoms with Crippen LogP contribution in [-0.2, 0) is 14.4 Å². The first-order chi connectivity index (χ1) is 6.77. The van der Waals surface area contributed by atoms with Gasteiger partial charge >= 0.3 is 5.97 Å². The van der Waals surface area contributed by atoms with Gasteiger partial charge in [0.1, 0.15) is 6.10 Å². The lowest BCUT2D eigenvalue weighted by atomic mass is 9.84. The fraction of sp³-hybridized carbons (Fsp3) is 0.625. The lowest BCUT2D eigenvalue weighted by molar-refractivity contribution is -0.160. The van der Waals surface area contributed by atoms with Gasteiger partial charge in [0.15, 0.2) is 0 Å². The van der Waals surface area contributed by atoms with Crippen LogP contribution in [0.25, 0.3) is 0 Å². The van der Waals surface area contributed by atoms with E-state index in [1.54, 1.807) is 0 Å². The normalized spacial score (nSPS) is 35.7. The number of likely N-dealkylation sites (N-methyl/N-ethyl adjacent to an activating group) is 1. The minimum absolute atomic E-state index is 0.688. The Bertz CT molecular complexity index is 326. The van der Waals surface area contributed by atoms with Crippen molar-refractivity contribution in [2.24, 2.45) is 11.7 Å². The Hall–Kier alpha value is -1.63. The summed E-state index contributed by atoms with van der Waals surface area (Å²) in [5, 5.41) is 18.4. The highest BCUT2D eigenvalue weighted by molar-refractivity contribution is 6.12. The SMILES string of the molecule is CC1C(O)C(=O)N(C)C1(C(N)=O)C(=O)O. The second kappa shape index (κ2) is 3.20. The van der Waals surface area contributed by atoms with Gasteiger partial charge in [-0.25, -0.2) is 4.79 Å². The van der Waals surface area contributed by atoms with Crippen LogP contribution in [-0.4, -0.2) is 51.6 Å². The maximum atomic E-state index is 11.3. The summed E-state index contributed by atoms with van der Waals surface area (Å²) >= 11 is 0. The molecule has 4 N–H and O–H groups in total. The fourth-order valence-electron chi connectivity index (χ4n) is 1.95. The molecule has 1 saturated heterocycles. The molecule has 0 aromatic carbocycles. The number of carboxylic acid groups (broad SMARTS) is 1. The number of rotatable bonds is 2. The zero-order valence-corrected chi connectivity index (χ0v) is 8.30. The fourth-order valence-corrected chi connectivity index (χ4v) is 1.95. The van der Waals surface area contributed by atoms with E-state index in [0.29, 0.717) is 4.90 Å². The highest BCUT2D eigenvalue weighted by Gasteiger charge is 2.63. The van der Waals surface area contributed by atoms with Gasteiger partial charge in [0.25, 0.3) is 11.8 Å². The molecule has 15 heavy (non-hydrogen) atoms. The van der Waals surface area contributed by atoms with Crippen molar-refractivity contribution in [1.82, 2.24) is 4.90 Å². The van der Waals surface area contributed by atoms with Crippen molar-refractivity contribution in [2.75, 3.05) is 7.05 Å². The van der Waals surface area contributed by atoms with Crippen molar-refractivity contribution >= 4 is 17.8 Å². The minimum Gasteiger partial charge on any atom is -0.479 e. The molecule has 2 amide bonds. The van der Waals surface area contributed by atoms with Gasteiger partial charge in [-0.1, -0.05) is 6.92 Å². The largest absolute Gasteiger partial charge is 0.479 e. The van der Waals surface area contributed by atoms with Gasteiger partial charge in [-0.2, -0.15) is 0 Å². The number of hydrogen-bond donors (Lipinski definition) is 3. The summed E-state index contributed by atoms with van der Waals surface area (Å²) < 4.78 is 0. The minimum atomic E-state index is -2.16. The number of aliphatic hydroxyl groups excluding tert-OH is 1. The third-order valence-electron chi connectivity index (χ3n) is 2.95. The van der Waals surface area contributed by atoms with Crippen LogP contribution in [0.15, 0.2) is 0 Å². The number of nitrogens with two attached hydrogens (primary N) is 1. The number of aliphatic carboxylic acids is 1.